The van der Waals surface area contributed by atoms with Crippen LogP contribution in [0, 0.1) is 0 Å². The summed E-state index contributed by atoms with van der Waals surface area (Å²) in [4.78, 5) is 36.0. The zero-order valence-electron chi connectivity index (χ0n) is 16.0. The van der Waals surface area contributed by atoms with Gasteiger partial charge in [-0.25, -0.2) is 9.59 Å². The van der Waals surface area contributed by atoms with Gasteiger partial charge < -0.3 is 20.1 Å². The van der Waals surface area contributed by atoms with Gasteiger partial charge in [0.15, 0.2) is 0 Å². The molecule has 1 aliphatic rings. The van der Waals surface area contributed by atoms with Crippen LogP contribution in [0.1, 0.15) is 25.8 Å². The molecule has 3 rings (SSSR count). The normalized spacial score (nSPS) is 14.9. The van der Waals surface area contributed by atoms with E-state index in [2.05, 4.69) is 15.7 Å². The molecule has 2 heterocycles. The topological polar surface area (TPSA) is 126 Å². The number of ether oxygens (including phenoxy) is 1. The number of carbonyl (C=O) groups is 3. The van der Waals surface area contributed by atoms with Gasteiger partial charge in [0.1, 0.15) is 0 Å². The Balaban J connectivity index is 1.61. The van der Waals surface area contributed by atoms with Crippen molar-refractivity contribution in [1.29, 1.82) is 0 Å². The van der Waals surface area contributed by atoms with Crippen LogP contribution >= 0.6 is 0 Å². The van der Waals surface area contributed by atoms with Gasteiger partial charge in [0.25, 0.3) is 5.91 Å². The van der Waals surface area contributed by atoms with Gasteiger partial charge in [-0.05, 0) is 38.0 Å². The molecule has 0 aliphatic carbocycles. The summed E-state index contributed by atoms with van der Waals surface area (Å²) in [5.41, 5.74) is 1.20. The lowest BCUT2D eigenvalue weighted by Gasteiger charge is -2.29. The van der Waals surface area contributed by atoms with Crippen LogP contribution in [-0.2, 0) is 9.53 Å². The summed E-state index contributed by atoms with van der Waals surface area (Å²) in [5, 5.41) is 19.3. The SMILES string of the molecule is CCOC=CC(=O)NC(=O)Nc1ccc2cn(C3CCN(C(=O)O)CC3)nc2c1. The molecule has 2 aromatic rings. The van der Waals surface area contributed by atoms with E-state index in [1.165, 1.54) is 11.2 Å². The first kappa shape index (κ1) is 20.2. The van der Waals surface area contributed by atoms with Gasteiger partial charge in [-0.3, -0.25) is 14.8 Å². The van der Waals surface area contributed by atoms with E-state index < -0.39 is 18.0 Å². The van der Waals surface area contributed by atoms with E-state index in [1.807, 2.05) is 16.9 Å². The predicted molar refractivity (Wildman–Crippen MR) is 106 cm³/mol. The second-order valence-corrected chi connectivity index (χ2v) is 6.58. The maximum Gasteiger partial charge on any atom is 0.407 e. The number of fused-ring (bicyclic) bond motifs is 1. The van der Waals surface area contributed by atoms with Crippen LogP contribution in [0.15, 0.2) is 36.7 Å². The monoisotopic (exact) mass is 401 g/mol. The van der Waals surface area contributed by atoms with Crippen LogP contribution in [0.3, 0.4) is 0 Å². The summed E-state index contributed by atoms with van der Waals surface area (Å²) < 4.78 is 6.76. The van der Waals surface area contributed by atoms with E-state index in [1.54, 1.807) is 19.1 Å². The zero-order valence-corrected chi connectivity index (χ0v) is 16.0. The number of nitrogens with zero attached hydrogens (tertiary/aromatic N) is 3. The van der Waals surface area contributed by atoms with Gasteiger partial charge in [0.2, 0.25) is 0 Å². The summed E-state index contributed by atoms with van der Waals surface area (Å²) in [6, 6.07) is 4.75. The average Bonchev–Trinajstić information content (AvgIpc) is 3.11. The van der Waals surface area contributed by atoms with Gasteiger partial charge in [-0.15, -0.1) is 0 Å². The molecule has 10 nitrogen and oxygen atoms in total. The Bertz CT molecular complexity index is 930. The summed E-state index contributed by atoms with van der Waals surface area (Å²) in [6.45, 7) is 3.18. The molecule has 1 aliphatic heterocycles. The lowest BCUT2D eigenvalue weighted by atomic mass is 10.1. The highest BCUT2D eigenvalue weighted by Gasteiger charge is 2.24. The molecule has 10 heteroatoms. The number of benzene rings is 1. The van der Waals surface area contributed by atoms with E-state index in [0.29, 0.717) is 43.7 Å². The van der Waals surface area contributed by atoms with E-state index in [0.717, 1.165) is 11.5 Å². The molecular formula is C19H23N5O5. The number of nitrogens with one attached hydrogen (secondary N) is 2. The average molecular weight is 401 g/mol. The number of likely N-dealkylation sites (tertiary alicyclic amines) is 1. The molecule has 4 amide bonds. The Morgan fingerprint density at radius 2 is 2.07 bits per heavy atom. The first-order valence-electron chi connectivity index (χ1n) is 9.33. The molecule has 0 saturated carbocycles. The standard InChI is InChI=1S/C19H23N5O5/c1-2-29-10-7-17(25)21-18(26)20-14-4-3-13-12-24(22-16(13)11-14)15-5-8-23(9-6-15)19(27)28/h3-4,7,10-12,15H,2,5-6,8-9H2,1H3,(H,27,28)(H2,20,21,25,26). The summed E-state index contributed by atoms with van der Waals surface area (Å²) in [5.74, 6) is -0.589. The molecule has 1 aromatic carbocycles. The molecule has 0 bridgehead atoms. The Labute approximate surface area is 167 Å². The van der Waals surface area contributed by atoms with Crippen LogP contribution in [0.25, 0.3) is 10.9 Å². The smallest absolute Gasteiger partial charge is 0.407 e. The van der Waals surface area contributed by atoms with Gasteiger partial charge in [0.05, 0.1) is 24.4 Å². The summed E-state index contributed by atoms with van der Waals surface area (Å²) in [7, 11) is 0. The number of piperidine rings is 1. The highest BCUT2D eigenvalue weighted by molar-refractivity contribution is 6.05. The minimum atomic E-state index is -0.894. The number of hydrogen-bond acceptors (Lipinski definition) is 5. The largest absolute Gasteiger partial charge is 0.501 e. The zero-order chi connectivity index (χ0) is 20.8. The van der Waals surface area contributed by atoms with Gasteiger partial charge in [0, 0.05) is 36.4 Å². The van der Waals surface area contributed by atoms with Crippen molar-refractivity contribution in [2.75, 3.05) is 25.0 Å². The molecule has 29 heavy (non-hydrogen) atoms. The van der Waals surface area contributed by atoms with E-state index >= 15 is 0 Å². The Kier molecular flexibility index (Phi) is 6.32. The van der Waals surface area contributed by atoms with E-state index in [-0.39, 0.29) is 6.04 Å². The molecule has 0 radical (unpaired) electrons. The lowest BCUT2D eigenvalue weighted by molar-refractivity contribution is -0.115. The fourth-order valence-corrected chi connectivity index (χ4v) is 3.14. The summed E-state index contributed by atoms with van der Waals surface area (Å²) in [6.07, 6.45) is 4.78. The van der Waals surface area contributed by atoms with Gasteiger partial charge in [-0.1, -0.05) is 0 Å². The molecule has 154 valence electrons. The first-order valence-corrected chi connectivity index (χ1v) is 9.33. The molecule has 3 N–H and O–H groups in total. The predicted octanol–water partition coefficient (Wildman–Crippen LogP) is 2.55. The van der Waals surface area contributed by atoms with Crippen LogP contribution in [0.2, 0.25) is 0 Å². The highest BCUT2D eigenvalue weighted by Crippen LogP contribution is 2.25. The number of imide groups is 1. The number of carboxylic acid groups (broad SMARTS) is 1. The van der Waals surface area contributed by atoms with Crippen molar-refractivity contribution in [3.05, 3.63) is 36.7 Å². The van der Waals surface area contributed by atoms with Crippen LogP contribution in [0.4, 0.5) is 15.3 Å². The molecule has 1 fully saturated rings. The molecule has 0 unspecified atom stereocenters. The van der Waals surface area contributed by atoms with Crippen molar-refractivity contribution in [2.24, 2.45) is 0 Å². The second kappa shape index (κ2) is 9.09. The lowest BCUT2D eigenvalue weighted by Crippen LogP contribution is -2.38. The Hall–Kier alpha value is -3.56. The van der Waals surface area contributed by atoms with Crippen molar-refractivity contribution in [3.8, 4) is 0 Å². The second-order valence-electron chi connectivity index (χ2n) is 6.58. The number of amides is 4. The third-order valence-corrected chi connectivity index (χ3v) is 4.61. The maximum atomic E-state index is 11.9. The quantitative estimate of drug-likeness (QED) is 0.522. The molecule has 0 atom stereocenters. The molecular weight excluding hydrogens is 378 g/mol. The number of carbonyl (C=O) groups excluding carboxylic acids is 2. The van der Waals surface area contributed by atoms with Crippen LogP contribution in [0.5, 0.6) is 0 Å². The van der Waals surface area contributed by atoms with Crippen LogP contribution < -0.4 is 10.6 Å². The van der Waals surface area contributed by atoms with Gasteiger partial charge in [-0.2, -0.15) is 5.10 Å². The van der Waals surface area contributed by atoms with Crippen molar-refractivity contribution in [1.82, 2.24) is 20.0 Å². The van der Waals surface area contributed by atoms with Crippen LogP contribution in [-0.4, -0.2) is 57.5 Å². The number of urea groups is 1. The first-order chi connectivity index (χ1) is 14.0. The summed E-state index contributed by atoms with van der Waals surface area (Å²) >= 11 is 0. The molecule has 1 aromatic heterocycles. The number of rotatable bonds is 5. The fraction of sp³-hybridized carbons (Fsp3) is 0.368. The third kappa shape index (κ3) is 5.24. The van der Waals surface area contributed by atoms with Crippen molar-refractivity contribution < 1.29 is 24.2 Å². The Morgan fingerprint density at radius 1 is 1.31 bits per heavy atom. The van der Waals surface area contributed by atoms with Gasteiger partial charge >= 0.3 is 12.1 Å². The highest BCUT2D eigenvalue weighted by atomic mass is 16.5. The molecule has 0 spiro atoms. The third-order valence-electron chi connectivity index (χ3n) is 4.61. The van der Waals surface area contributed by atoms with E-state index in [9.17, 15) is 14.4 Å². The van der Waals surface area contributed by atoms with Crippen molar-refractivity contribution >= 4 is 34.6 Å². The van der Waals surface area contributed by atoms with E-state index in [4.69, 9.17) is 9.84 Å². The number of hydrogen-bond donors (Lipinski definition) is 3. The Morgan fingerprint density at radius 3 is 2.76 bits per heavy atom. The fourth-order valence-electron chi connectivity index (χ4n) is 3.14. The van der Waals surface area contributed by atoms with Crippen molar-refractivity contribution in [3.63, 3.8) is 0 Å². The minimum Gasteiger partial charge on any atom is -0.501 e. The maximum absolute atomic E-state index is 11.9. The molecule has 1 saturated heterocycles. The number of aromatic nitrogens is 2. The van der Waals surface area contributed by atoms with Crippen molar-refractivity contribution in [2.45, 2.75) is 25.8 Å². The minimum absolute atomic E-state index is 0.132. The number of anilines is 1.